The Hall–Kier alpha value is -1.59. The van der Waals surface area contributed by atoms with Crippen molar-refractivity contribution < 1.29 is 9.53 Å². The highest BCUT2D eigenvalue weighted by Gasteiger charge is 2.27. The van der Waals surface area contributed by atoms with Crippen molar-refractivity contribution in [1.82, 2.24) is 14.3 Å². The summed E-state index contributed by atoms with van der Waals surface area (Å²) in [5, 5.41) is 4.27. The van der Waals surface area contributed by atoms with Gasteiger partial charge in [0, 0.05) is 13.0 Å². The summed E-state index contributed by atoms with van der Waals surface area (Å²) in [6.45, 7) is 7.75. The van der Waals surface area contributed by atoms with Crippen molar-refractivity contribution in [2.75, 3.05) is 0 Å². The van der Waals surface area contributed by atoms with Crippen LogP contribution in [0.2, 0.25) is 0 Å². The fraction of sp³-hybridized carbons (Fsp3) is 0.769. The summed E-state index contributed by atoms with van der Waals surface area (Å²) >= 11 is 0. The highest BCUT2D eigenvalue weighted by molar-refractivity contribution is 5.74. The molecule has 19 heavy (non-hydrogen) atoms. The predicted molar refractivity (Wildman–Crippen MR) is 70.0 cm³/mol. The molecule has 106 valence electrons. The Bertz CT molecular complexity index is 536. The van der Waals surface area contributed by atoms with Crippen molar-refractivity contribution in [3.8, 4) is 0 Å². The lowest BCUT2D eigenvalue weighted by atomic mass is 10.2. The summed E-state index contributed by atoms with van der Waals surface area (Å²) in [6.07, 6.45) is 2.82. The Morgan fingerprint density at radius 3 is 2.63 bits per heavy atom. The molecule has 0 amide bonds. The second-order valence-corrected chi connectivity index (χ2v) is 5.96. The lowest BCUT2D eigenvalue weighted by molar-refractivity contribution is -0.158. The maximum atomic E-state index is 12.2. The van der Waals surface area contributed by atoms with Gasteiger partial charge in [-0.05, 0) is 40.5 Å². The third kappa shape index (κ3) is 2.88. The molecule has 1 unspecified atom stereocenters. The number of carbonyl (C=O) groups is 1. The molecular weight excluding hydrogens is 246 g/mol. The van der Waals surface area contributed by atoms with Crippen LogP contribution < -0.4 is 5.69 Å². The average molecular weight is 267 g/mol. The SMILES string of the molecule is CC(C(=O)OC(C)(C)C)n1nc2n(c1=O)CCCC2. The molecule has 0 saturated heterocycles. The van der Waals surface area contributed by atoms with E-state index in [0.29, 0.717) is 6.54 Å². The predicted octanol–water partition coefficient (Wildman–Crippen LogP) is 1.28. The summed E-state index contributed by atoms with van der Waals surface area (Å²) in [4.78, 5) is 24.2. The molecule has 0 aliphatic carbocycles. The molecule has 1 aromatic heterocycles. The maximum Gasteiger partial charge on any atom is 0.346 e. The van der Waals surface area contributed by atoms with Crippen LogP contribution in [-0.2, 0) is 22.5 Å². The molecule has 1 aromatic rings. The molecule has 0 N–H and O–H groups in total. The van der Waals surface area contributed by atoms with E-state index >= 15 is 0 Å². The summed E-state index contributed by atoms with van der Waals surface area (Å²) in [5.41, 5.74) is -0.776. The van der Waals surface area contributed by atoms with E-state index in [1.54, 1.807) is 32.3 Å². The number of ether oxygens (including phenoxy) is 1. The number of hydrogen-bond donors (Lipinski definition) is 0. The normalized spacial score (nSPS) is 16.8. The van der Waals surface area contributed by atoms with Gasteiger partial charge >= 0.3 is 11.7 Å². The van der Waals surface area contributed by atoms with Crippen molar-refractivity contribution in [3.05, 3.63) is 16.3 Å². The first-order valence-electron chi connectivity index (χ1n) is 6.70. The first-order chi connectivity index (χ1) is 8.79. The van der Waals surface area contributed by atoms with Crippen molar-refractivity contribution in [1.29, 1.82) is 0 Å². The van der Waals surface area contributed by atoms with Gasteiger partial charge in [-0.25, -0.2) is 9.59 Å². The third-order valence-corrected chi connectivity index (χ3v) is 3.11. The van der Waals surface area contributed by atoms with Crippen LogP contribution in [0.15, 0.2) is 4.79 Å². The van der Waals surface area contributed by atoms with Crippen LogP contribution in [0.5, 0.6) is 0 Å². The summed E-state index contributed by atoms with van der Waals surface area (Å²) < 4.78 is 8.19. The van der Waals surface area contributed by atoms with Crippen LogP contribution in [0, 0.1) is 0 Å². The van der Waals surface area contributed by atoms with E-state index in [2.05, 4.69) is 5.10 Å². The van der Waals surface area contributed by atoms with E-state index in [4.69, 9.17) is 4.74 Å². The molecule has 1 aliphatic heterocycles. The highest BCUT2D eigenvalue weighted by Crippen LogP contribution is 2.15. The topological polar surface area (TPSA) is 66.1 Å². The van der Waals surface area contributed by atoms with Crippen LogP contribution >= 0.6 is 0 Å². The van der Waals surface area contributed by atoms with E-state index in [1.165, 1.54) is 4.68 Å². The zero-order chi connectivity index (χ0) is 14.2. The Balaban J connectivity index is 2.25. The summed E-state index contributed by atoms with van der Waals surface area (Å²) in [6, 6.07) is -0.690. The van der Waals surface area contributed by atoms with Crippen LogP contribution in [0.1, 0.15) is 52.4 Å². The second-order valence-electron chi connectivity index (χ2n) is 5.96. The fourth-order valence-corrected chi connectivity index (χ4v) is 2.16. The molecule has 1 aliphatic rings. The molecule has 0 bridgehead atoms. The smallest absolute Gasteiger partial charge is 0.346 e. The average Bonchev–Trinajstić information content (AvgIpc) is 2.64. The standard InChI is InChI=1S/C13H21N3O3/c1-9(11(17)19-13(2,3)4)16-12(18)15-8-6-5-7-10(15)14-16/h9H,5-8H2,1-4H3. The van der Waals surface area contributed by atoms with Crippen molar-refractivity contribution in [2.24, 2.45) is 0 Å². The fourth-order valence-electron chi connectivity index (χ4n) is 2.16. The highest BCUT2D eigenvalue weighted by atomic mass is 16.6. The van der Waals surface area contributed by atoms with Gasteiger partial charge in [0.1, 0.15) is 11.4 Å². The molecule has 6 heteroatoms. The van der Waals surface area contributed by atoms with Gasteiger partial charge in [0.05, 0.1) is 0 Å². The van der Waals surface area contributed by atoms with Gasteiger partial charge in [-0.15, -0.1) is 0 Å². The zero-order valence-corrected chi connectivity index (χ0v) is 12.0. The van der Waals surface area contributed by atoms with Gasteiger partial charge in [0.25, 0.3) is 0 Å². The van der Waals surface area contributed by atoms with Crippen LogP contribution in [-0.4, -0.2) is 25.9 Å². The number of carbonyl (C=O) groups excluding carboxylic acids is 1. The molecule has 1 atom stereocenters. The Labute approximate surface area is 112 Å². The number of aromatic nitrogens is 3. The van der Waals surface area contributed by atoms with E-state index in [1.807, 2.05) is 0 Å². The third-order valence-electron chi connectivity index (χ3n) is 3.11. The van der Waals surface area contributed by atoms with E-state index in [9.17, 15) is 9.59 Å². The minimum Gasteiger partial charge on any atom is -0.458 e. The first kappa shape index (κ1) is 13.8. The maximum absolute atomic E-state index is 12.2. The number of rotatable bonds is 2. The van der Waals surface area contributed by atoms with E-state index in [-0.39, 0.29) is 5.69 Å². The number of aryl methyl sites for hydroxylation is 1. The van der Waals surface area contributed by atoms with Crippen LogP contribution in [0.25, 0.3) is 0 Å². The van der Waals surface area contributed by atoms with Crippen LogP contribution in [0.4, 0.5) is 0 Å². The van der Waals surface area contributed by atoms with Crippen molar-refractivity contribution in [2.45, 2.75) is 65.1 Å². The Morgan fingerprint density at radius 2 is 2.05 bits per heavy atom. The second kappa shape index (κ2) is 4.83. The van der Waals surface area contributed by atoms with Gasteiger partial charge in [-0.2, -0.15) is 9.78 Å². The van der Waals surface area contributed by atoms with Gasteiger partial charge in [0.2, 0.25) is 0 Å². The van der Waals surface area contributed by atoms with E-state index in [0.717, 1.165) is 25.1 Å². The van der Waals surface area contributed by atoms with Gasteiger partial charge in [0.15, 0.2) is 6.04 Å². The molecule has 0 saturated carbocycles. The molecule has 0 fully saturated rings. The minimum absolute atomic E-state index is 0.215. The number of esters is 1. The van der Waals surface area contributed by atoms with E-state index < -0.39 is 17.6 Å². The minimum atomic E-state index is -0.690. The number of nitrogens with zero attached hydrogens (tertiary/aromatic N) is 3. The first-order valence-corrected chi connectivity index (χ1v) is 6.70. The van der Waals surface area contributed by atoms with Crippen LogP contribution in [0.3, 0.4) is 0 Å². The molecule has 2 heterocycles. The lowest BCUT2D eigenvalue weighted by Crippen LogP contribution is -2.35. The Morgan fingerprint density at radius 1 is 1.37 bits per heavy atom. The molecule has 0 aromatic carbocycles. The zero-order valence-electron chi connectivity index (χ0n) is 12.0. The quantitative estimate of drug-likeness (QED) is 0.757. The van der Waals surface area contributed by atoms with Gasteiger partial charge in [-0.1, -0.05) is 0 Å². The van der Waals surface area contributed by atoms with Gasteiger partial charge < -0.3 is 4.74 Å². The number of hydrogen-bond acceptors (Lipinski definition) is 4. The van der Waals surface area contributed by atoms with Gasteiger partial charge in [-0.3, -0.25) is 4.57 Å². The summed E-state index contributed by atoms with van der Waals surface area (Å²) in [5.74, 6) is 0.344. The Kier molecular flexibility index (Phi) is 3.52. The molecule has 0 radical (unpaired) electrons. The monoisotopic (exact) mass is 267 g/mol. The lowest BCUT2D eigenvalue weighted by Gasteiger charge is -2.21. The van der Waals surface area contributed by atoms with Crippen molar-refractivity contribution >= 4 is 5.97 Å². The molecular formula is C13H21N3O3. The van der Waals surface area contributed by atoms with Crippen molar-refractivity contribution in [3.63, 3.8) is 0 Å². The summed E-state index contributed by atoms with van der Waals surface area (Å²) in [7, 11) is 0. The molecule has 2 rings (SSSR count). The number of fused-ring (bicyclic) bond motifs is 1. The molecule has 0 spiro atoms. The largest absolute Gasteiger partial charge is 0.458 e. The molecule has 6 nitrogen and oxygen atoms in total.